The van der Waals surface area contributed by atoms with Crippen molar-refractivity contribution in [1.82, 2.24) is 5.32 Å². The molecule has 1 heterocycles. The van der Waals surface area contributed by atoms with Crippen LogP contribution in [0.3, 0.4) is 0 Å². The smallest absolute Gasteiger partial charge is 0.195 e. The third-order valence-electron chi connectivity index (χ3n) is 3.22. The van der Waals surface area contributed by atoms with Crippen molar-refractivity contribution >= 4 is 28.9 Å². The van der Waals surface area contributed by atoms with Gasteiger partial charge in [0.1, 0.15) is 11.9 Å². The van der Waals surface area contributed by atoms with E-state index in [2.05, 4.69) is 46.8 Å². The van der Waals surface area contributed by atoms with Gasteiger partial charge in [0.2, 0.25) is 0 Å². The van der Waals surface area contributed by atoms with Crippen LogP contribution in [0, 0.1) is 6.92 Å². The first-order valence-electron chi connectivity index (χ1n) is 6.50. The molecule has 0 bridgehead atoms. The van der Waals surface area contributed by atoms with Gasteiger partial charge >= 0.3 is 0 Å². The number of aliphatic imine (C=N–C) groups is 1. The van der Waals surface area contributed by atoms with Gasteiger partial charge in [-0.15, -0.1) is 0 Å². The average molecular weight is 281 g/mol. The predicted molar refractivity (Wildman–Crippen MR) is 87.2 cm³/mol. The molecule has 1 aliphatic heterocycles. The quantitative estimate of drug-likeness (QED) is 0.828. The molecule has 0 aliphatic carbocycles. The Morgan fingerprint density at radius 2 is 1.75 bits per heavy atom. The number of amidine groups is 1. The minimum absolute atomic E-state index is 0.0108. The maximum atomic E-state index is 5.18. The van der Waals surface area contributed by atoms with E-state index in [4.69, 9.17) is 12.2 Å². The minimum atomic E-state index is -0.0108. The largest absolute Gasteiger partial charge is 0.347 e. The van der Waals surface area contributed by atoms with Crippen molar-refractivity contribution in [3.05, 3.63) is 65.7 Å². The number of aryl methyl sites for hydroxylation is 1. The standard InChI is InChI=1S/C16H15N3S/c1-11-7-9-12(10-8-11)14-15(19-16(20)18-14)17-13-5-3-2-4-6-13/h2-10,14H,1H3,(H2,17,18,19,20). The van der Waals surface area contributed by atoms with E-state index in [9.17, 15) is 0 Å². The van der Waals surface area contributed by atoms with E-state index < -0.39 is 0 Å². The Kier molecular flexibility index (Phi) is 3.48. The maximum Gasteiger partial charge on any atom is 0.195 e. The molecule has 0 saturated heterocycles. The molecule has 100 valence electrons. The Labute approximate surface area is 123 Å². The second-order valence-corrected chi connectivity index (χ2v) is 5.17. The molecule has 0 fully saturated rings. The van der Waals surface area contributed by atoms with Crippen molar-refractivity contribution in [1.29, 1.82) is 0 Å². The lowest BCUT2D eigenvalue weighted by Crippen LogP contribution is -2.27. The van der Waals surface area contributed by atoms with Crippen LogP contribution in [-0.2, 0) is 0 Å². The number of hydrogen-bond acceptors (Lipinski definition) is 2. The van der Waals surface area contributed by atoms with Crippen molar-refractivity contribution in [2.75, 3.05) is 5.32 Å². The molecular formula is C16H15N3S. The Bertz CT molecular complexity index is 647. The van der Waals surface area contributed by atoms with Gasteiger partial charge in [-0.05, 0) is 36.8 Å². The summed E-state index contributed by atoms with van der Waals surface area (Å²) in [6, 6.07) is 18.4. The number of anilines is 1. The molecule has 1 unspecified atom stereocenters. The molecule has 2 aromatic carbocycles. The van der Waals surface area contributed by atoms with Crippen LogP contribution in [0.4, 0.5) is 5.69 Å². The predicted octanol–water partition coefficient (Wildman–Crippen LogP) is 3.43. The SMILES string of the molecule is Cc1ccc(C2NC(=S)N=C2Nc2ccccc2)cc1. The van der Waals surface area contributed by atoms with Crippen LogP contribution in [0.25, 0.3) is 0 Å². The van der Waals surface area contributed by atoms with Gasteiger partial charge in [0.15, 0.2) is 5.11 Å². The van der Waals surface area contributed by atoms with E-state index in [0.29, 0.717) is 5.11 Å². The molecule has 0 spiro atoms. The van der Waals surface area contributed by atoms with Crippen molar-refractivity contribution in [2.24, 2.45) is 4.99 Å². The number of para-hydroxylation sites is 1. The van der Waals surface area contributed by atoms with Crippen LogP contribution in [0.1, 0.15) is 17.2 Å². The van der Waals surface area contributed by atoms with Crippen LogP contribution < -0.4 is 10.6 Å². The van der Waals surface area contributed by atoms with Gasteiger partial charge in [0.05, 0.1) is 0 Å². The zero-order valence-electron chi connectivity index (χ0n) is 11.1. The zero-order valence-corrected chi connectivity index (χ0v) is 11.9. The molecule has 1 atom stereocenters. The van der Waals surface area contributed by atoms with Crippen LogP contribution >= 0.6 is 12.2 Å². The summed E-state index contributed by atoms with van der Waals surface area (Å²) < 4.78 is 0. The highest BCUT2D eigenvalue weighted by atomic mass is 32.1. The molecule has 20 heavy (non-hydrogen) atoms. The van der Waals surface area contributed by atoms with E-state index in [1.807, 2.05) is 30.3 Å². The molecule has 2 aromatic rings. The molecule has 0 saturated carbocycles. The Balaban J connectivity index is 1.86. The summed E-state index contributed by atoms with van der Waals surface area (Å²) in [6.07, 6.45) is 0. The Hall–Kier alpha value is -2.20. The summed E-state index contributed by atoms with van der Waals surface area (Å²) in [5.74, 6) is 0.838. The van der Waals surface area contributed by atoms with Crippen LogP contribution in [0.2, 0.25) is 0 Å². The van der Waals surface area contributed by atoms with E-state index in [1.165, 1.54) is 5.56 Å². The summed E-state index contributed by atoms with van der Waals surface area (Å²) in [7, 11) is 0. The molecule has 1 aliphatic rings. The lowest BCUT2D eigenvalue weighted by molar-refractivity contribution is 0.865. The maximum absolute atomic E-state index is 5.18. The number of thiocarbonyl (C=S) groups is 1. The summed E-state index contributed by atoms with van der Waals surface area (Å²) >= 11 is 5.18. The molecule has 2 N–H and O–H groups in total. The van der Waals surface area contributed by atoms with E-state index in [0.717, 1.165) is 17.1 Å². The third kappa shape index (κ3) is 2.70. The Morgan fingerprint density at radius 1 is 1.05 bits per heavy atom. The monoisotopic (exact) mass is 281 g/mol. The highest BCUT2D eigenvalue weighted by Crippen LogP contribution is 2.21. The van der Waals surface area contributed by atoms with Crippen LogP contribution in [0.5, 0.6) is 0 Å². The van der Waals surface area contributed by atoms with Gasteiger partial charge in [0.25, 0.3) is 0 Å². The van der Waals surface area contributed by atoms with Gasteiger partial charge < -0.3 is 10.6 Å². The number of rotatable bonds is 2. The molecule has 0 aromatic heterocycles. The number of hydrogen-bond donors (Lipinski definition) is 2. The fourth-order valence-electron chi connectivity index (χ4n) is 2.17. The van der Waals surface area contributed by atoms with Crippen molar-refractivity contribution in [3.8, 4) is 0 Å². The van der Waals surface area contributed by atoms with Gasteiger partial charge in [0, 0.05) is 5.69 Å². The summed E-state index contributed by atoms with van der Waals surface area (Å²) in [5, 5.41) is 7.08. The average Bonchev–Trinajstić information content (AvgIpc) is 2.81. The number of nitrogens with zero attached hydrogens (tertiary/aromatic N) is 1. The highest BCUT2D eigenvalue weighted by molar-refractivity contribution is 7.80. The van der Waals surface area contributed by atoms with Gasteiger partial charge in [-0.1, -0.05) is 48.0 Å². The van der Waals surface area contributed by atoms with E-state index >= 15 is 0 Å². The first-order chi connectivity index (χ1) is 9.72. The normalized spacial score (nSPS) is 17.6. The fourth-order valence-corrected chi connectivity index (χ4v) is 2.38. The third-order valence-corrected chi connectivity index (χ3v) is 3.43. The first-order valence-corrected chi connectivity index (χ1v) is 6.91. The minimum Gasteiger partial charge on any atom is -0.347 e. The summed E-state index contributed by atoms with van der Waals surface area (Å²) in [5.41, 5.74) is 3.40. The lowest BCUT2D eigenvalue weighted by atomic mass is 10.0. The zero-order chi connectivity index (χ0) is 13.9. The molecule has 3 nitrogen and oxygen atoms in total. The van der Waals surface area contributed by atoms with Crippen molar-refractivity contribution in [2.45, 2.75) is 13.0 Å². The second-order valence-electron chi connectivity index (χ2n) is 4.78. The van der Waals surface area contributed by atoms with Crippen LogP contribution in [0.15, 0.2) is 59.6 Å². The number of nitrogens with one attached hydrogen (secondary N) is 2. The first kappa shape index (κ1) is 12.8. The number of benzene rings is 2. The summed E-state index contributed by atoms with van der Waals surface area (Å²) in [6.45, 7) is 2.08. The highest BCUT2D eigenvalue weighted by Gasteiger charge is 2.25. The van der Waals surface area contributed by atoms with E-state index in [-0.39, 0.29) is 6.04 Å². The van der Waals surface area contributed by atoms with Gasteiger partial charge in [-0.2, -0.15) is 0 Å². The molecule has 0 amide bonds. The second kappa shape index (κ2) is 5.43. The molecule has 4 heteroatoms. The van der Waals surface area contributed by atoms with Gasteiger partial charge in [-0.25, -0.2) is 4.99 Å². The molecular weight excluding hydrogens is 266 g/mol. The van der Waals surface area contributed by atoms with Crippen LogP contribution in [-0.4, -0.2) is 10.9 Å². The topological polar surface area (TPSA) is 36.4 Å². The molecule has 0 radical (unpaired) electrons. The van der Waals surface area contributed by atoms with Crippen molar-refractivity contribution in [3.63, 3.8) is 0 Å². The summed E-state index contributed by atoms with van der Waals surface area (Å²) in [4.78, 5) is 4.39. The molecule has 3 rings (SSSR count). The lowest BCUT2D eigenvalue weighted by Gasteiger charge is -2.16. The van der Waals surface area contributed by atoms with Gasteiger partial charge in [-0.3, -0.25) is 0 Å². The van der Waals surface area contributed by atoms with E-state index in [1.54, 1.807) is 0 Å². The van der Waals surface area contributed by atoms with Crippen molar-refractivity contribution < 1.29 is 0 Å². The Morgan fingerprint density at radius 3 is 2.45 bits per heavy atom. The fraction of sp³-hybridized carbons (Fsp3) is 0.125.